The Morgan fingerprint density at radius 2 is 2.62 bits per heavy atom. The molecule has 40 valence electrons. The minimum absolute atomic E-state index is 0.406. The number of rotatable bonds is 1. The molecule has 0 aromatic heterocycles. The first-order valence-electron chi connectivity index (χ1n) is 1.96. The highest BCUT2D eigenvalue weighted by molar-refractivity contribution is 8.06. The van der Waals surface area contributed by atoms with Crippen molar-refractivity contribution in [1.82, 2.24) is 0 Å². The van der Waals surface area contributed by atoms with Gasteiger partial charge in [0, 0.05) is 0 Å². The Kier molecular flexibility index (Phi) is 1.69. The number of hydrogen-bond acceptors (Lipinski definition) is 2. The van der Waals surface area contributed by atoms with E-state index in [0.717, 1.165) is 0 Å². The van der Waals surface area contributed by atoms with Gasteiger partial charge in [-0.05, 0) is 11.6 Å². The summed E-state index contributed by atoms with van der Waals surface area (Å²) in [6, 6.07) is 0. The van der Waals surface area contributed by atoms with Gasteiger partial charge in [-0.1, -0.05) is 0 Å². The Morgan fingerprint density at radius 1 is 1.88 bits per heavy atom. The van der Waals surface area contributed by atoms with Gasteiger partial charge in [0.2, 0.25) is 0 Å². The van der Waals surface area contributed by atoms with Gasteiger partial charge < -0.3 is 0 Å². The largest absolute Gasteiger partial charge is 0.282 e. The summed E-state index contributed by atoms with van der Waals surface area (Å²) in [4.78, 5) is 10.8. The zero-order chi connectivity index (χ0) is 5.98. The monoisotopic (exact) mass is 145 g/mol. The quantitative estimate of drug-likeness (QED) is 0.413. The van der Waals surface area contributed by atoms with Crippen molar-refractivity contribution in [3.8, 4) is 0 Å². The van der Waals surface area contributed by atoms with Gasteiger partial charge in [0.25, 0.3) is 5.24 Å². The van der Waals surface area contributed by atoms with Crippen molar-refractivity contribution < 1.29 is 4.79 Å². The van der Waals surface area contributed by atoms with E-state index in [0.29, 0.717) is 4.91 Å². The smallest absolute Gasteiger partial charge is 0.273 e. The predicted molar refractivity (Wildman–Crippen MR) is 34.3 cm³/mol. The van der Waals surface area contributed by atoms with Crippen LogP contribution >= 0.6 is 23.4 Å². The average Bonchev–Trinajstić information content (AvgIpc) is 2.12. The third-order valence-corrected chi connectivity index (χ3v) is 1.78. The average molecular weight is 146 g/mol. The van der Waals surface area contributed by atoms with Gasteiger partial charge in [-0.25, -0.2) is 0 Å². The van der Waals surface area contributed by atoms with Crippen LogP contribution in [0.15, 0.2) is 17.1 Å². The van der Waals surface area contributed by atoms with E-state index in [-0.39, 0.29) is 0 Å². The molecule has 1 heterocycles. The van der Waals surface area contributed by atoms with Crippen molar-refractivity contribution in [3.63, 3.8) is 0 Å². The molecule has 0 radical (unpaired) electrons. The Bertz CT molecular complexity index is 171. The lowest BCUT2D eigenvalue weighted by atomic mass is 10.5. The molecular formula is C5H2ClOS+. The minimum atomic E-state index is -0.406. The Balaban J connectivity index is 2.64. The van der Waals surface area contributed by atoms with Crippen molar-refractivity contribution in [3.05, 3.63) is 22.5 Å². The molecule has 0 saturated carbocycles. The zero-order valence-corrected chi connectivity index (χ0v) is 5.42. The highest BCUT2D eigenvalue weighted by atomic mass is 35.5. The van der Waals surface area contributed by atoms with Crippen LogP contribution in [0.2, 0.25) is 0 Å². The SMILES string of the molecule is O=C(Cl)C1=CC=[C+]S1. The highest BCUT2D eigenvalue weighted by Gasteiger charge is 2.16. The highest BCUT2D eigenvalue weighted by Crippen LogP contribution is 2.23. The van der Waals surface area contributed by atoms with Gasteiger partial charge in [0.05, 0.1) is 6.08 Å². The summed E-state index contributed by atoms with van der Waals surface area (Å²) in [6.45, 7) is 0. The van der Waals surface area contributed by atoms with Crippen LogP contribution in [0.4, 0.5) is 0 Å². The number of carbonyl (C=O) groups is 1. The fourth-order valence-electron chi connectivity index (χ4n) is 0.347. The minimum Gasteiger partial charge on any atom is -0.273 e. The van der Waals surface area contributed by atoms with Crippen LogP contribution in [0.3, 0.4) is 0 Å². The molecule has 0 N–H and O–H groups in total. The molecule has 0 aromatic rings. The van der Waals surface area contributed by atoms with E-state index in [1.54, 1.807) is 12.2 Å². The molecule has 8 heavy (non-hydrogen) atoms. The van der Waals surface area contributed by atoms with E-state index in [1.807, 2.05) is 0 Å². The number of hydrogen-bond donors (Lipinski definition) is 0. The first-order chi connectivity index (χ1) is 3.80. The van der Waals surface area contributed by atoms with Crippen LogP contribution < -0.4 is 0 Å². The first kappa shape index (κ1) is 5.83. The van der Waals surface area contributed by atoms with Crippen molar-refractivity contribution >= 4 is 28.6 Å². The molecule has 1 nitrogen and oxygen atoms in total. The Hall–Kier alpha value is -0.300. The summed E-state index contributed by atoms with van der Waals surface area (Å²) < 4.78 is 0. The topological polar surface area (TPSA) is 17.1 Å². The fraction of sp³-hybridized carbons (Fsp3) is 0. The number of allylic oxidation sites excluding steroid dienone is 3. The molecule has 0 unspecified atom stereocenters. The van der Waals surface area contributed by atoms with Crippen molar-refractivity contribution in [2.75, 3.05) is 0 Å². The molecule has 0 aliphatic carbocycles. The molecule has 0 amide bonds. The standard InChI is InChI=1S/C5H2ClOS/c6-5(7)4-2-1-3-8-4/h1-2H/q+1. The lowest BCUT2D eigenvalue weighted by Crippen LogP contribution is -1.82. The van der Waals surface area contributed by atoms with E-state index >= 15 is 0 Å². The van der Waals surface area contributed by atoms with Gasteiger partial charge in [-0.2, -0.15) is 0 Å². The number of halogens is 1. The van der Waals surface area contributed by atoms with Crippen molar-refractivity contribution in [2.24, 2.45) is 0 Å². The molecule has 0 saturated heterocycles. The Labute approximate surface area is 56.4 Å². The molecule has 0 fully saturated rings. The predicted octanol–water partition coefficient (Wildman–Crippen LogP) is 1.70. The normalized spacial score (nSPS) is 15.4. The van der Waals surface area contributed by atoms with Crippen LogP contribution in [-0.4, -0.2) is 5.24 Å². The number of thioether (sulfide) groups is 1. The molecule has 1 aliphatic rings. The molecule has 0 aromatic carbocycles. The molecule has 1 aliphatic heterocycles. The van der Waals surface area contributed by atoms with E-state index in [4.69, 9.17) is 11.6 Å². The van der Waals surface area contributed by atoms with Crippen molar-refractivity contribution in [2.45, 2.75) is 0 Å². The summed E-state index contributed by atoms with van der Waals surface area (Å²) in [6.07, 6.45) is 3.31. The summed E-state index contributed by atoms with van der Waals surface area (Å²) in [5.74, 6) is 0. The third-order valence-electron chi connectivity index (χ3n) is 0.665. The Morgan fingerprint density at radius 3 is 2.88 bits per heavy atom. The first-order valence-corrected chi connectivity index (χ1v) is 3.16. The van der Waals surface area contributed by atoms with Gasteiger partial charge in [-0.3, -0.25) is 4.79 Å². The second-order valence-corrected chi connectivity index (χ2v) is 2.41. The maximum Gasteiger partial charge on any atom is 0.282 e. The van der Waals surface area contributed by atoms with Crippen LogP contribution in [0.1, 0.15) is 0 Å². The molecule has 0 spiro atoms. The summed E-state index contributed by atoms with van der Waals surface area (Å²) in [5, 5.41) is 2.34. The van der Waals surface area contributed by atoms with Gasteiger partial charge in [-0.15, -0.1) is 0 Å². The van der Waals surface area contributed by atoms with E-state index in [9.17, 15) is 4.79 Å². The van der Waals surface area contributed by atoms with Crippen molar-refractivity contribution in [1.29, 1.82) is 0 Å². The van der Waals surface area contributed by atoms with Gasteiger partial charge in [0.1, 0.15) is 17.2 Å². The summed E-state index contributed by atoms with van der Waals surface area (Å²) in [7, 11) is 0. The molecule has 3 heteroatoms. The van der Waals surface area contributed by atoms with Crippen LogP contribution in [0.5, 0.6) is 0 Å². The maximum absolute atomic E-state index is 10.3. The summed E-state index contributed by atoms with van der Waals surface area (Å²) >= 11 is 6.32. The van der Waals surface area contributed by atoms with Gasteiger partial charge in [0.15, 0.2) is 11.0 Å². The third kappa shape index (κ3) is 1.10. The van der Waals surface area contributed by atoms with E-state index < -0.39 is 5.24 Å². The fourth-order valence-corrected chi connectivity index (χ4v) is 1.00. The lowest BCUT2D eigenvalue weighted by molar-refractivity contribution is -0.107. The van der Waals surface area contributed by atoms with Crippen LogP contribution in [0, 0.1) is 5.41 Å². The molecule has 0 bridgehead atoms. The van der Waals surface area contributed by atoms with E-state index in [1.165, 1.54) is 11.8 Å². The second-order valence-electron chi connectivity index (χ2n) is 1.19. The summed E-state index contributed by atoms with van der Waals surface area (Å²) in [5.41, 5.74) is 0. The maximum atomic E-state index is 10.3. The molecule has 0 atom stereocenters. The number of carbonyl (C=O) groups excluding carboxylic acids is 1. The van der Waals surface area contributed by atoms with Crippen LogP contribution in [0.25, 0.3) is 0 Å². The van der Waals surface area contributed by atoms with Gasteiger partial charge >= 0.3 is 0 Å². The second kappa shape index (κ2) is 2.31. The molecule has 1 rings (SSSR count). The lowest BCUT2D eigenvalue weighted by Gasteiger charge is -1.75. The zero-order valence-electron chi connectivity index (χ0n) is 3.85. The molecular weight excluding hydrogens is 144 g/mol. The van der Waals surface area contributed by atoms with E-state index in [2.05, 4.69) is 5.41 Å². The van der Waals surface area contributed by atoms with Crippen LogP contribution in [-0.2, 0) is 4.79 Å².